The molecule has 0 amide bonds. The molecule has 91 heavy (non-hydrogen) atoms. The zero-order chi connectivity index (χ0) is 71.6. The topological polar surface area (TPSA) is 577 Å². The SMILES string of the molecule is CC(=N)CCCCC(=N)N.CC(=O)[C@@H](N)CCCCN.CC(=O)[C@@H](N)CCCN=C(N)N.CC(=O)[C@H](N)CCCCN.CC(=O)[C@H](N)CCCN=C(N)N.CCCCCCCN.CCCCOCCOCCOCCCN.CCCN.CCCOCCOCCN. The summed E-state index contributed by atoms with van der Waals surface area (Å²) in [6.07, 6.45) is 23.5. The van der Waals surface area contributed by atoms with E-state index in [-0.39, 0.29) is 65.1 Å². The highest BCUT2D eigenvalue weighted by molar-refractivity contribution is 5.82. The first-order valence-corrected chi connectivity index (χ1v) is 33.3. The van der Waals surface area contributed by atoms with E-state index in [2.05, 4.69) is 37.7 Å². The summed E-state index contributed by atoms with van der Waals surface area (Å²) in [7, 11) is 0. The molecule has 0 unspecified atom stereocenters. The summed E-state index contributed by atoms with van der Waals surface area (Å²) in [4.78, 5) is 50.0. The van der Waals surface area contributed by atoms with Gasteiger partial charge in [-0.3, -0.25) is 34.6 Å². The summed E-state index contributed by atoms with van der Waals surface area (Å²) in [5.41, 5.74) is 79.5. The smallest absolute Gasteiger partial charge is 0.185 e. The van der Waals surface area contributed by atoms with Crippen molar-refractivity contribution in [3.05, 3.63) is 0 Å². The second kappa shape index (κ2) is 94.5. The Balaban J connectivity index is -0.000000120. The van der Waals surface area contributed by atoms with Crippen molar-refractivity contribution in [2.45, 2.75) is 241 Å². The molecule has 0 radical (unpaired) electrons. The standard InChI is InChI=1S/C11H25NO3.2C7H16N4O.C7H15N3.2C7H16N2O.C7H17NO2.C7H17N.C3H9N/c1-2-3-6-13-8-10-15-11-9-14-7-4-5-12;2*1-5(12)6(8)3-2-4-11-7(9)10;1-6(8)4-2-3-5-7(9)10;2*1-6(10)7(9)4-2-3-5-8;1-2-4-9-6-7-10-5-3-8;1-2-3-4-5-6-7-8;1-2-3-4/h2-12H2,1H3;2*6H,2-4,8H2,1H3,(H4,9,10,11);8H,2-5H2,1H3,(H3,9,10);2*7H,2-5,8-9H2,1H3;2-8H2,1H3;2-8H2,1H3;2-4H2,1H3/t;2*6-;;2*7-;;;/m.10.10.../s1. The number of hydrogen-bond donors (Lipinski definition) is 17. The Morgan fingerprint density at radius 3 is 0.934 bits per heavy atom. The summed E-state index contributed by atoms with van der Waals surface area (Å²) in [6, 6.07) is -1.29. The monoisotopic (exact) mass is 1310 g/mol. The number of carbonyl (C=O) groups excluding carboxylic acids is 4. The number of ketones is 4. The van der Waals surface area contributed by atoms with Crippen LogP contribution < -0.4 is 86.0 Å². The Kier molecular flexibility index (Phi) is 110. The van der Waals surface area contributed by atoms with Crippen molar-refractivity contribution in [2.24, 2.45) is 96.0 Å². The lowest BCUT2D eigenvalue weighted by Gasteiger charge is -2.06. The van der Waals surface area contributed by atoms with Crippen molar-refractivity contribution in [3.8, 4) is 0 Å². The summed E-state index contributed by atoms with van der Waals surface area (Å²) >= 11 is 0. The molecule has 0 heterocycles. The maximum absolute atomic E-state index is 10.7. The Hall–Kier alpha value is -4.24. The van der Waals surface area contributed by atoms with Gasteiger partial charge < -0.3 is 115 Å². The van der Waals surface area contributed by atoms with Gasteiger partial charge in [-0.2, -0.15) is 0 Å². The van der Waals surface area contributed by atoms with Gasteiger partial charge in [-0.05, 0) is 170 Å². The molecule has 0 aromatic rings. The number of rotatable bonds is 50. The van der Waals surface area contributed by atoms with Gasteiger partial charge >= 0.3 is 0 Å². The van der Waals surface area contributed by atoms with Crippen molar-refractivity contribution in [3.63, 3.8) is 0 Å². The van der Waals surface area contributed by atoms with E-state index in [1.165, 1.54) is 66.2 Å². The highest BCUT2D eigenvalue weighted by Gasteiger charge is 2.08. The van der Waals surface area contributed by atoms with Crippen molar-refractivity contribution in [2.75, 3.05) is 118 Å². The fourth-order valence-electron chi connectivity index (χ4n) is 5.85. The van der Waals surface area contributed by atoms with Crippen molar-refractivity contribution in [1.29, 1.82) is 10.8 Å². The van der Waals surface area contributed by atoms with Gasteiger partial charge in [0.25, 0.3) is 0 Å². The fourth-order valence-corrected chi connectivity index (χ4v) is 5.85. The van der Waals surface area contributed by atoms with Crippen LogP contribution in [0.3, 0.4) is 0 Å². The normalized spacial score (nSPS) is 11.2. The molecule has 0 saturated carbocycles. The van der Waals surface area contributed by atoms with Gasteiger partial charge in [-0.15, -0.1) is 0 Å². The number of nitrogens with one attached hydrogen (secondary N) is 2. The number of aliphatic imine (C=N–C) groups is 2. The average Bonchev–Trinajstić information content (AvgIpc) is 3.55. The highest BCUT2D eigenvalue weighted by Crippen LogP contribution is 2.02. The van der Waals surface area contributed by atoms with E-state index in [9.17, 15) is 19.2 Å². The molecule has 0 aromatic carbocycles. The summed E-state index contributed by atoms with van der Waals surface area (Å²) in [5.74, 6) is 0.536. The molecule has 0 aliphatic carbocycles. The molecule has 28 heteroatoms. The third kappa shape index (κ3) is 131. The molecule has 0 spiro atoms. The van der Waals surface area contributed by atoms with Crippen LogP contribution in [-0.4, -0.2) is 189 Å². The fraction of sp³-hybridized carbons (Fsp3) is 0.873. The quantitative estimate of drug-likeness (QED) is 0.0236. The second-order valence-corrected chi connectivity index (χ2v) is 21.2. The minimum Gasteiger partial charge on any atom is -0.388 e. The minimum absolute atomic E-state index is 0.000278. The van der Waals surface area contributed by atoms with Gasteiger partial charge in [0, 0.05) is 51.6 Å². The molecule has 0 saturated heterocycles. The molecule has 0 rings (SSSR count). The first-order valence-electron chi connectivity index (χ1n) is 33.3. The molecule has 0 aliphatic heterocycles. The summed E-state index contributed by atoms with van der Waals surface area (Å²) in [6.45, 7) is 28.7. The highest BCUT2D eigenvalue weighted by atomic mass is 16.5. The predicted molar refractivity (Wildman–Crippen MR) is 383 cm³/mol. The molecule has 548 valence electrons. The number of nitrogens with two attached hydrogens (primary N) is 15. The molecular weight excluding hydrogens is 1170 g/mol. The van der Waals surface area contributed by atoms with E-state index in [0.29, 0.717) is 110 Å². The maximum atomic E-state index is 10.7. The second-order valence-electron chi connectivity index (χ2n) is 21.2. The molecule has 0 fully saturated rings. The largest absolute Gasteiger partial charge is 0.388 e. The number of carbonyl (C=O) groups is 4. The van der Waals surface area contributed by atoms with Crippen LogP contribution in [0.4, 0.5) is 0 Å². The van der Waals surface area contributed by atoms with Crippen LogP contribution in [0.1, 0.15) is 216 Å². The zero-order valence-corrected chi connectivity index (χ0v) is 59.2. The van der Waals surface area contributed by atoms with Gasteiger partial charge in [-0.1, -0.05) is 72.6 Å². The van der Waals surface area contributed by atoms with Gasteiger partial charge in [0.1, 0.15) is 23.1 Å². The van der Waals surface area contributed by atoms with Crippen LogP contribution in [0.15, 0.2) is 9.98 Å². The Labute approximate surface area is 553 Å². The Morgan fingerprint density at radius 2 is 0.637 bits per heavy atom. The summed E-state index contributed by atoms with van der Waals surface area (Å²) < 4.78 is 26.2. The van der Waals surface area contributed by atoms with E-state index in [0.717, 1.165) is 129 Å². The van der Waals surface area contributed by atoms with Crippen LogP contribution in [0.25, 0.3) is 0 Å². The van der Waals surface area contributed by atoms with Crippen LogP contribution >= 0.6 is 0 Å². The van der Waals surface area contributed by atoms with Crippen molar-refractivity contribution in [1.82, 2.24) is 0 Å². The van der Waals surface area contributed by atoms with Crippen LogP contribution in [-0.2, 0) is 42.9 Å². The van der Waals surface area contributed by atoms with Gasteiger partial charge in [0.2, 0.25) is 0 Å². The van der Waals surface area contributed by atoms with Gasteiger partial charge in [-0.25, -0.2) is 0 Å². The van der Waals surface area contributed by atoms with Gasteiger partial charge in [0.05, 0.1) is 76.3 Å². The lowest BCUT2D eigenvalue weighted by molar-refractivity contribution is -0.119. The lowest BCUT2D eigenvalue weighted by atomic mass is 10.1. The lowest BCUT2D eigenvalue weighted by Crippen LogP contribution is -2.28. The number of unbranched alkanes of at least 4 members (excludes halogenated alkanes) is 8. The molecule has 0 aromatic heterocycles. The number of amidine groups is 1. The number of nitrogens with zero attached hydrogens (tertiary/aromatic N) is 2. The van der Waals surface area contributed by atoms with E-state index < -0.39 is 0 Å². The van der Waals surface area contributed by atoms with Crippen molar-refractivity contribution >= 4 is 46.6 Å². The van der Waals surface area contributed by atoms with E-state index in [4.69, 9.17) is 121 Å². The molecule has 0 bridgehead atoms. The average molecular weight is 1310 g/mol. The van der Waals surface area contributed by atoms with Crippen LogP contribution in [0.5, 0.6) is 0 Å². The van der Waals surface area contributed by atoms with E-state index in [1.54, 1.807) is 6.92 Å². The molecule has 28 nitrogen and oxygen atoms in total. The zero-order valence-electron chi connectivity index (χ0n) is 59.2. The number of guanidine groups is 2. The summed E-state index contributed by atoms with van der Waals surface area (Å²) in [5, 5.41) is 14.0. The third-order valence-corrected chi connectivity index (χ3v) is 11.7. The Morgan fingerprint density at radius 1 is 0.330 bits per heavy atom. The predicted octanol–water partition coefficient (Wildman–Crippen LogP) is 3.34. The van der Waals surface area contributed by atoms with E-state index in [1.807, 2.05) is 0 Å². The maximum Gasteiger partial charge on any atom is 0.185 e. The molecular formula is C63H147N19O9. The first kappa shape index (κ1) is 106. The van der Waals surface area contributed by atoms with Crippen LogP contribution in [0.2, 0.25) is 0 Å². The van der Waals surface area contributed by atoms with Crippen molar-refractivity contribution < 1.29 is 42.9 Å². The Bertz CT molecular complexity index is 1460. The first-order chi connectivity index (χ1) is 43.2. The molecule has 32 N–H and O–H groups in total. The molecule has 0 aliphatic rings. The minimum atomic E-state index is -0.376. The number of hydrogen-bond acceptors (Lipinski definition) is 23. The molecule has 4 atom stereocenters. The number of Topliss-reactive ketones (excluding diaryl/α,β-unsaturated/α-hetero) is 4. The van der Waals surface area contributed by atoms with E-state index >= 15 is 0 Å². The third-order valence-electron chi connectivity index (χ3n) is 11.7. The number of ether oxygens (including phenoxy) is 5. The van der Waals surface area contributed by atoms with Crippen LogP contribution in [0, 0.1) is 10.8 Å². The van der Waals surface area contributed by atoms with Gasteiger partial charge in [0.15, 0.2) is 11.9 Å².